The van der Waals surface area contributed by atoms with E-state index >= 15 is 0 Å². The van der Waals surface area contributed by atoms with Crippen LogP contribution in [0.4, 0.5) is 0 Å². The number of carbonyl (C=O) groups is 2. The molecule has 8 heteroatoms. The molecule has 0 heterocycles. The van der Waals surface area contributed by atoms with Crippen molar-refractivity contribution < 1.29 is 9.59 Å². The van der Waals surface area contributed by atoms with Crippen molar-refractivity contribution in [2.75, 3.05) is 0 Å². The van der Waals surface area contributed by atoms with Crippen molar-refractivity contribution in [1.82, 2.24) is 10.2 Å². The summed E-state index contributed by atoms with van der Waals surface area (Å²) >= 11 is 25.3. The van der Waals surface area contributed by atoms with Crippen LogP contribution in [0.15, 0.2) is 66.7 Å². The lowest BCUT2D eigenvalue weighted by molar-refractivity contribution is -0.141. The maximum atomic E-state index is 13.9. The second-order valence-electron chi connectivity index (χ2n) is 9.34. The maximum absolute atomic E-state index is 13.9. The highest BCUT2D eigenvalue weighted by Crippen LogP contribution is 2.29. The third kappa shape index (κ3) is 7.42. The minimum absolute atomic E-state index is 0.0426. The van der Waals surface area contributed by atoms with Crippen molar-refractivity contribution in [2.45, 2.75) is 57.2 Å². The fourth-order valence-corrected chi connectivity index (χ4v) is 5.54. The summed E-state index contributed by atoms with van der Waals surface area (Å²) in [5, 5.41) is 4.85. The minimum atomic E-state index is -0.759. The van der Waals surface area contributed by atoms with Gasteiger partial charge in [0.05, 0.1) is 16.5 Å². The minimum Gasteiger partial charge on any atom is -0.352 e. The summed E-state index contributed by atoms with van der Waals surface area (Å²) in [6.07, 6.45) is 4.46. The number of amides is 2. The van der Waals surface area contributed by atoms with E-state index in [4.69, 9.17) is 46.4 Å². The number of nitrogens with one attached hydrogen (secondary N) is 1. The van der Waals surface area contributed by atoms with E-state index in [1.165, 1.54) is 0 Å². The van der Waals surface area contributed by atoms with E-state index < -0.39 is 6.04 Å². The molecule has 1 fully saturated rings. The van der Waals surface area contributed by atoms with Gasteiger partial charge < -0.3 is 10.2 Å². The van der Waals surface area contributed by atoms with Crippen molar-refractivity contribution >= 4 is 58.2 Å². The summed E-state index contributed by atoms with van der Waals surface area (Å²) in [5.74, 6) is -0.418. The fourth-order valence-electron chi connectivity index (χ4n) is 4.70. The number of halogens is 4. The van der Waals surface area contributed by atoms with Gasteiger partial charge >= 0.3 is 0 Å². The van der Waals surface area contributed by atoms with Gasteiger partial charge in [0.15, 0.2) is 0 Å². The second-order valence-corrected chi connectivity index (χ2v) is 11.0. The van der Waals surface area contributed by atoms with E-state index in [1.807, 2.05) is 30.3 Å². The Labute approximate surface area is 237 Å². The summed E-state index contributed by atoms with van der Waals surface area (Å²) < 4.78 is 0. The Kier molecular flexibility index (Phi) is 9.77. The Morgan fingerprint density at radius 3 is 2.14 bits per heavy atom. The Hall–Kier alpha value is -2.24. The van der Waals surface area contributed by atoms with Gasteiger partial charge in [-0.1, -0.05) is 102 Å². The molecule has 0 saturated heterocycles. The number of benzene rings is 3. The number of rotatable bonds is 9. The summed E-state index contributed by atoms with van der Waals surface area (Å²) in [4.78, 5) is 29.2. The molecule has 1 atom stereocenters. The molecule has 0 radical (unpaired) electrons. The molecule has 1 saturated carbocycles. The van der Waals surface area contributed by atoms with Gasteiger partial charge in [-0.2, -0.15) is 0 Å². The highest BCUT2D eigenvalue weighted by atomic mass is 35.5. The summed E-state index contributed by atoms with van der Waals surface area (Å²) in [6, 6.07) is 19.4. The number of hydrogen-bond donors (Lipinski definition) is 1. The van der Waals surface area contributed by atoms with Gasteiger partial charge in [0, 0.05) is 34.6 Å². The molecule has 0 spiro atoms. The number of hydrogen-bond acceptors (Lipinski definition) is 2. The van der Waals surface area contributed by atoms with Crippen LogP contribution in [0, 0.1) is 0 Å². The molecule has 0 unspecified atom stereocenters. The van der Waals surface area contributed by atoms with Gasteiger partial charge in [-0.15, -0.1) is 0 Å². The van der Waals surface area contributed by atoms with E-state index in [0.717, 1.165) is 31.2 Å². The maximum Gasteiger partial charge on any atom is 0.243 e. The summed E-state index contributed by atoms with van der Waals surface area (Å²) in [7, 11) is 0. The van der Waals surface area contributed by atoms with Crippen LogP contribution in [-0.4, -0.2) is 28.8 Å². The second kappa shape index (κ2) is 13.0. The lowest BCUT2D eigenvalue weighted by Crippen LogP contribution is -2.52. The molecule has 194 valence electrons. The molecule has 37 heavy (non-hydrogen) atoms. The molecule has 3 aromatic carbocycles. The van der Waals surface area contributed by atoms with E-state index in [-0.39, 0.29) is 30.8 Å². The van der Waals surface area contributed by atoms with E-state index in [2.05, 4.69) is 5.32 Å². The highest BCUT2D eigenvalue weighted by molar-refractivity contribution is 6.42. The molecular weight excluding hydrogens is 550 g/mol. The Balaban J connectivity index is 1.70. The quantitative estimate of drug-likeness (QED) is 0.285. The summed E-state index contributed by atoms with van der Waals surface area (Å²) in [5.41, 5.74) is 2.25. The molecule has 1 aliphatic carbocycles. The Morgan fingerprint density at radius 1 is 0.811 bits per heavy atom. The van der Waals surface area contributed by atoms with Crippen molar-refractivity contribution in [2.24, 2.45) is 0 Å². The molecule has 1 aliphatic rings. The smallest absolute Gasteiger partial charge is 0.243 e. The molecule has 1 N–H and O–H groups in total. The molecule has 0 aliphatic heterocycles. The van der Waals surface area contributed by atoms with Crippen LogP contribution in [0.5, 0.6) is 0 Å². The average Bonchev–Trinajstić information content (AvgIpc) is 3.38. The highest BCUT2D eigenvalue weighted by Gasteiger charge is 2.33. The average molecular weight is 578 g/mol. The number of carbonyl (C=O) groups excluding carboxylic acids is 2. The predicted octanol–water partition coefficient (Wildman–Crippen LogP) is 7.54. The normalized spacial score (nSPS) is 14.4. The molecule has 4 rings (SSSR count). The standard InChI is InChI=1S/C29H28Cl4N2O2/c30-23-11-6-12-24(31)22(23)18-35(28(36)17-20-13-14-25(32)26(33)15-20)27(16-19-7-2-1-3-8-19)29(37)34-21-9-4-5-10-21/h1-3,6-8,11-15,21,27H,4-5,9-10,16-18H2,(H,34,37)/t27-/m1/s1. The van der Waals surface area contributed by atoms with E-state index in [1.54, 1.807) is 41.3 Å². The van der Waals surface area contributed by atoms with Gasteiger partial charge in [0.1, 0.15) is 6.04 Å². The lowest BCUT2D eigenvalue weighted by atomic mass is 10.0. The van der Waals surface area contributed by atoms with Crippen molar-refractivity contribution in [3.05, 3.63) is 104 Å². The topological polar surface area (TPSA) is 49.4 Å². The van der Waals surface area contributed by atoms with E-state index in [9.17, 15) is 9.59 Å². The van der Waals surface area contributed by atoms with Crippen molar-refractivity contribution in [1.29, 1.82) is 0 Å². The van der Waals surface area contributed by atoms with Gasteiger partial charge in [-0.05, 0) is 48.2 Å². The van der Waals surface area contributed by atoms with Crippen LogP contribution >= 0.6 is 46.4 Å². The molecular formula is C29H28Cl4N2O2. The molecule has 2 amide bonds. The molecule has 0 bridgehead atoms. The SMILES string of the molecule is O=C(NC1CCCC1)[C@@H](Cc1ccccc1)N(Cc1c(Cl)cccc1Cl)C(=O)Cc1ccc(Cl)c(Cl)c1. The van der Waals surface area contributed by atoms with Crippen LogP contribution in [0.1, 0.15) is 42.4 Å². The van der Waals surface area contributed by atoms with Crippen LogP contribution in [0.3, 0.4) is 0 Å². The predicted molar refractivity (Wildman–Crippen MR) is 152 cm³/mol. The van der Waals surface area contributed by atoms with Gasteiger partial charge in [-0.25, -0.2) is 0 Å². The first kappa shape index (κ1) is 27.8. The monoisotopic (exact) mass is 576 g/mol. The lowest BCUT2D eigenvalue weighted by Gasteiger charge is -2.33. The zero-order valence-electron chi connectivity index (χ0n) is 20.2. The van der Waals surface area contributed by atoms with Crippen LogP contribution < -0.4 is 5.32 Å². The fraction of sp³-hybridized carbons (Fsp3) is 0.310. The third-order valence-corrected chi connectivity index (χ3v) is 8.15. The van der Waals surface area contributed by atoms with Gasteiger partial charge in [0.25, 0.3) is 0 Å². The Bertz CT molecular complexity index is 1230. The molecule has 0 aromatic heterocycles. The Morgan fingerprint density at radius 2 is 1.49 bits per heavy atom. The first-order valence-electron chi connectivity index (χ1n) is 12.3. The molecule has 3 aromatic rings. The zero-order valence-corrected chi connectivity index (χ0v) is 23.3. The van der Waals surface area contributed by atoms with Crippen LogP contribution in [0.2, 0.25) is 20.1 Å². The van der Waals surface area contributed by atoms with E-state index in [0.29, 0.717) is 37.6 Å². The zero-order chi connectivity index (χ0) is 26.4. The van der Waals surface area contributed by atoms with Crippen molar-refractivity contribution in [3.8, 4) is 0 Å². The summed E-state index contributed by atoms with van der Waals surface area (Å²) in [6.45, 7) is 0.0915. The van der Waals surface area contributed by atoms with Crippen molar-refractivity contribution in [3.63, 3.8) is 0 Å². The van der Waals surface area contributed by atoms with Crippen LogP contribution in [-0.2, 0) is 29.0 Å². The van der Waals surface area contributed by atoms with Gasteiger partial charge in [0.2, 0.25) is 11.8 Å². The number of nitrogens with zero attached hydrogens (tertiary/aromatic N) is 1. The first-order chi connectivity index (χ1) is 17.8. The van der Waals surface area contributed by atoms with Crippen LogP contribution in [0.25, 0.3) is 0 Å². The van der Waals surface area contributed by atoms with Gasteiger partial charge in [-0.3, -0.25) is 9.59 Å². The molecule has 4 nitrogen and oxygen atoms in total. The third-order valence-electron chi connectivity index (χ3n) is 6.70. The first-order valence-corrected chi connectivity index (χ1v) is 13.8. The largest absolute Gasteiger partial charge is 0.352 e.